The monoisotopic (exact) mass is 375 g/mol. The number of carbonyl (C=O) groups is 1. The molecule has 0 aliphatic carbocycles. The maximum atomic E-state index is 13.8. The van der Waals surface area contributed by atoms with Gasteiger partial charge in [0.1, 0.15) is 17.6 Å². The van der Waals surface area contributed by atoms with Crippen molar-refractivity contribution in [2.75, 3.05) is 37.7 Å². The van der Waals surface area contributed by atoms with Gasteiger partial charge in [-0.15, -0.1) is 0 Å². The molecule has 5 nitrogen and oxygen atoms in total. The Morgan fingerprint density at radius 1 is 1.33 bits per heavy atom. The van der Waals surface area contributed by atoms with Gasteiger partial charge < -0.3 is 9.80 Å². The molecule has 24 heavy (non-hydrogen) atoms. The van der Waals surface area contributed by atoms with Crippen LogP contribution in [-0.4, -0.2) is 63.0 Å². The van der Waals surface area contributed by atoms with Crippen molar-refractivity contribution in [1.82, 2.24) is 4.90 Å². The van der Waals surface area contributed by atoms with Crippen molar-refractivity contribution in [3.05, 3.63) is 34.6 Å². The molecule has 0 radical (unpaired) electrons. The lowest BCUT2D eigenvalue weighted by Crippen LogP contribution is -3.18. The Kier molecular flexibility index (Phi) is 5.13. The van der Waals surface area contributed by atoms with Gasteiger partial charge in [0.15, 0.2) is 9.84 Å². The van der Waals surface area contributed by atoms with Crippen molar-refractivity contribution in [2.45, 2.75) is 18.9 Å². The molecular formula is C16H21ClFN2O3S+. The molecule has 1 atom stereocenters. The molecule has 1 aromatic rings. The van der Waals surface area contributed by atoms with Crippen LogP contribution in [0.1, 0.15) is 12.0 Å². The van der Waals surface area contributed by atoms with Gasteiger partial charge in [-0.05, 0) is 12.1 Å². The van der Waals surface area contributed by atoms with Gasteiger partial charge in [0.05, 0.1) is 38.4 Å². The first-order chi connectivity index (χ1) is 11.4. The molecule has 1 N–H and O–H groups in total. The summed E-state index contributed by atoms with van der Waals surface area (Å²) in [5.74, 6) is -0.0761. The van der Waals surface area contributed by atoms with E-state index < -0.39 is 15.7 Å². The van der Waals surface area contributed by atoms with E-state index in [4.69, 9.17) is 11.6 Å². The summed E-state index contributed by atoms with van der Waals surface area (Å²) in [4.78, 5) is 15.4. The molecule has 3 rings (SSSR count). The lowest BCUT2D eigenvalue weighted by molar-refractivity contribution is -0.925. The van der Waals surface area contributed by atoms with Crippen LogP contribution in [0.3, 0.4) is 0 Å². The zero-order valence-corrected chi connectivity index (χ0v) is 14.9. The second-order valence-corrected chi connectivity index (χ2v) is 9.15. The minimum atomic E-state index is -2.88. The van der Waals surface area contributed by atoms with E-state index in [2.05, 4.69) is 0 Å². The molecule has 0 aromatic heterocycles. The molecule has 2 heterocycles. The number of amides is 1. The number of piperazine rings is 1. The Hall–Kier alpha value is -1.18. The standard InChI is InChI=1S/C16H20ClFN2O3S/c17-14-2-1-3-15(18)13(14)10-16(21)20-7-5-19(6-8-20)12-4-9-24(22,23)11-12/h1-3,12H,4-11H2/p+1/t12-/m0/s1. The van der Waals surface area contributed by atoms with E-state index in [1.807, 2.05) is 0 Å². The molecule has 0 unspecified atom stereocenters. The maximum absolute atomic E-state index is 13.8. The van der Waals surface area contributed by atoms with Gasteiger partial charge in [-0.2, -0.15) is 0 Å². The summed E-state index contributed by atoms with van der Waals surface area (Å²) < 4.78 is 37.0. The lowest BCUT2D eigenvalue weighted by atomic mass is 10.1. The van der Waals surface area contributed by atoms with Crippen LogP contribution in [0, 0.1) is 5.82 Å². The van der Waals surface area contributed by atoms with Crippen molar-refractivity contribution in [2.24, 2.45) is 0 Å². The summed E-state index contributed by atoms with van der Waals surface area (Å²) in [6, 6.07) is 4.55. The molecule has 1 aromatic carbocycles. The molecule has 1 amide bonds. The third-order valence-corrected chi connectivity index (χ3v) is 7.08. The highest BCUT2D eigenvalue weighted by Crippen LogP contribution is 2.20. The first kappa shape index (κ1) is 17.6. The third kappa shape index (κ3) is 3.90. The summed E-state index contributed by atoms with van der Waals surface area (Å²) in [5.41, 5.74) is 0.237. The second-order valence-electron chi connectivity index (χ2n) is 6.52. The van der Waals surface area contributed by atoms with Crippen LogP contribution in [0.15, 0.2) is 18.2 Å². The first-order valence-electron chi connectivity index (χ1n) is 8.11. The van der Waals surface area contributed by atoms with Crippen molar-refractivity contribution in [3.63, 3.8) is 0 Å². The van der Waals surface area contributed by atoms with E-state index in [1.165, 1.54) is 17.0 Å². The molecule has 132 valence electrons. The van der Waals surface area contributed by atoms with Crippen LogP contribution >= 0.6 is 11.6 Å². The minimum Gasteiger partial charge on any atom is -0.331 e. The molecule has 0 bridgehead atoms. The summed E-state index contributed by atoms with van der Waals surface area (Å²) in [7, 11) is -2.88. The number of carbonyl (C=O) groups excluding carboxylic acids is 1. The Morgan fingerprint density at radius 2 is 2.04 bits per heavy atom. The lowest BCUT2D eigenvalue weighted by Gasteiger charge is -2.35. The zero-order chi connectivity index (χ0) is 17.3. The number of nitrogens with zero attached hydrogens (tertiary/aromatic N) is 1. The van der Waals surface area contributed by atoms with E-state index in [0.717, 1.165) is 13.1 Å². The first-order valence-corrected chi connectivity index (χ1v) is 10.3. The molecule has 2 aliphatic heterocycles. The van der Waals surface area contributed by atoms with Crippen LogP contribution in [0.2, 0.25) is 5.02 Å². The number of hydrogen-bond acceptors (Lipinski definition) is 3. The number of benzene rings is 1. The highest BCUT2D eigenvalue weighted by atomic mass is 35.5. The normalized spacial score (nSPS) is 24.2. The van der Waals surface area contributed by atoms with E-state index in [-0.39, 0.29) is 40.5 Å². The third-order valence-electron chi connectivity index (χ3n) is 4.96. The number of rotatable bonds is 3. The fourth-order valence-corrected chi connectivity index (χ4v) is 5.59. The Labute approximate surface area is 146 Å². The molecule has 2 fully saturated rings. The SMILES string of the molecule is O=C(Cc1c(F)cccc1Cl)N1CC[NH+]([C@H]2CCS(=O)(=O)C2)CC1. The Bertz CT molecular complexity index is 713. The van der Waals surface area contributed by atoms with Gasteiger partial charge in [0.25, 0.3) is 0 Å². The van der Waals surface area contributed by atoms with Crippen molar-refractivity contribution in [3.8, 4) is 0 Å². The molecule has 8 heteroatoms. The van der Waals surface area contributed by atoms with Gasteiger partial charge in [-0.1, -0.05) is 17.7 Å². The Balaban J connectivity index is 1.56. The number of hydrogen-bond donors (Lipinski definition) is 1. The van der Waals surface area contributed by atoms with Crippen LogP contribution in [0.4, 0.5) is 4.39 Å². The summed E-state index contributed by atoms with van der Waals surface area (Å²) >= 11 is 5.98. The smallest absolute Gasteiger partial charge is 0.227 e. The number of halogens is 2. The number of nitrogens with one attached hydrogen (secondary N) is 1. The molecule has 0 spiro atoms. The summed E-state index contributed by atoms with van der Waals surface area (Å²) in [6.07, 6.45) is 0.662. The zero-order valence-electron chi connectivity index (χ0n) is 13.3. The predicted octanol–water partition coefficient (Wildman–Crippen LogP) is -0.0642. The Morgan fingerprint density at radius 3 is 2.62 bits per heavy atom. The number of quaternary nitrogens is 1. The topological polar surface area (TPSA) is 58.9 Å². The van der Waals surface area contributed by atoms with Crippen LogP contribution in [0.5, 0.6) is 0 Å². The van der Waals surface area contributed by atoms with Crippen LogP contribution < -0.4 is 4.90 Å². The van der Waals surface area contributed by atoms with E-state index in [0.29, 0.717) is 19.5 Å². The largest absolute Gasteiger partial charge is 0.331 e. The fraction of sp³-hybridized carbons (Fsp3) is 0.562. The van der Waals surface area contributed by atoms with Gasteiger partial charge in [-0.3, -0.25) is 4.79 Å². The molecule has 2 aliphatic rings. The molecular weight excluding hydrogens is 355 g/mol. The van der Waals surface area contributed by atoms with Gasteiger partial charge in [-0.25, -0.2) is 12.8 Å². The highest BCUT2D eigenvalue weighted by molar-refractivity contribution is 7.91. The van der Waals surface area contributed by atoms with Crippen molar-refractivity contribution in [1.29, 1.82) is 0 Å². The summed E-state index contributed by atoms with van der Waals surface area (Å²) in [6.45, 7) is 2.60. The van der Waals surface area contributed by atoms with Gasteiger partial charge in [0, 0.05) is 17.0 Å². The summed E-state index contributed by atoms with van der Waals surface area (Å²) in [5, 5.41) is 0.267. The minimum absolute atomic E-state index is 0.0430. The van der Waals surface area contributed by atoms with Crippen LogP contribution in [-0.2, 0) is 21.1 Å². The number of sulfone groups is 1. The van der Waals surface area contributed by atoms with Gasteiger partial charge in [0.2, 0.25) is 5.91 Å². The van der Waals surface area contributed by atoms with Crippen LogP contribution in [0.25, 0.3) is 0 Å². The predicted molar refractivity (Wildman–Crippen MR) is 89.4 cm³/mol. The molecule has 2 saturated heterocycles. The van der Waals surface area contributed by atoms with Crippen molar-refractivity contribution < 1.29 is 22.5 Å². The average Bonchev–Trinajstić information content (AvgIpc) is 2.91. The maximum Gasteiger partial charge on any atom is 0.227 e. The van der Waals surface area contributed by atoms with E-state index in [1.54, 1.807) is 11.0 Å². The molecule has 0 saturated carbocycles. The fourth-order valence-electron chi connectivity index (χ4n) is 3.53. The quantitative estimate of drug-likeness (QED) is 0.805. The van der Waals surface area contributed by atoms with E-state index in [9.17, 15) is 17.6 Å². The second kappa shape index (κ2) is 6.98. The van der Waals surface area contributed by atoms with E-state index >= 15 is 0 Å². The van der Waals surface area contributed by atoms with Gasteiger partial charge >= 0.3 is 0 Å². The average molecular weight is 376 g/mol. The highest BCUT2D eigenvalue weighted by Gasteiger charge is 2.37. The van der Waals surface area contributed by atoms with Crippen molar-refractivity contribution >= 4 is 27.3 Å².